The summed E-state index contributed by atoms with van der Waals surface area (Å²) in [5, 5.41) is 3.50. The first kappa shape index (κ1) is 12.3. The van der Waals surface area contributed by atoms with E-state index in [0.29, 0.717) is 12.1 Å². The second-order valence-electron chi connectivity index (χ2n) is 4.48. The molecule has 94 valence electrons. The number of hydrogen-bond acceptors (Lipinski definition) is 4. The van der Waals surface area contributed by atoms with Crippen LogP contribution in [0, 0.1) is 13.8 Å². The van der Waals surface area contributed by atoms with Gasteiger partial charge in [0.15, 0.2) is 0 Å². The van der Waals surface area contributed by atoms with Crippen LogP contribution in [0.15, 0.2) is 6.07 Å². The zero-order valence-electron chi connectivity index (χ0n) is 11.2. The Hall–Kier alpha value is -1.16. The minimum atomic E-state index is 0.665. The van der Waals surface area contributed by atoms with Crippen molar-refractivity contribution in [1.82, 2.24) is 15.3 Å². The minimum Gasteiger partial charge on any atom is -0.350 e. The highest BCUT2D eigenvalue weighted by molar-refractivity contribution is 5.46. The molecule has 2 aliphatic rings. The molecule has 0 saturated carbocycles. The first-order chi connectivity index (χ1) is 8.24. The largest absolute Gasteiger partial charge is 0.350 e. The standard InChI is InChI=1S/C11H16N4.C2H6/c1-7-5-11(14-8(2)13-7)15-6-9-10(15)3-4-12-9;1-2/h5,9-10,12H,3-4,6H2,1-2H3;1-2H3. The van der Waals surface area contributed by atoms with Crippen LogP contribution in [0.3, 0.4) is 0 Å². The fourth-order valence-corrected chi connectivity index (χ4v) is 2.63. The van der Waals surface area contributed by atoms with Gasteiger partial charge in [0.25, 0.3) is 0 Å². The number of rotatable bonds is 1. The summed E-state index contributed by atoms with van der Waals surface area (Å²) in [6.45, 7) is 10.2. The van der Waals surface area contributed by atoms with Crippen LogP contribution in [-0.4, -0.2) is 35.1 Å². The molecule has 2 atom stereocenters. The highest BCUT2D eigenvalue weighted by Crippen LogP contribution is 2.30. The van der Waals surface area contributed by atoms with Crippen molar-refractivity contribution in [3.05, 3.63) is 17.6 Å². The first-order valence-electron chi connectivity index (χ1n) is 6.56. The van der Waals surface area contributed by atoms with Gasteiger partial charge in [-0.3, -0.25) is 0 Å². The van der Waals surface area contributed by atoms with Crippen molar-refractivity contribution in [3.8, 4) is 0 Å². The summed E-state index contributed by atoms with van der Waals surface area (Å²) in [5.74, 6) is 1.98. The summed E-state index contributed by atoms with van der Waals surface area (Å²) < 4.78 is 0. The third-order valence-electron chi connectivity index (χ3n) is 3.35. The molecule has 3 heterocycles. The summed E-state index contributed by atoms with van der Waals surface area (Å²) in [6.07, 6.45) is 1.24. The molecule has 1 N–H and O–H groups in total. The average molecular weight is 234 g/mol. The molecule has 0 bridgehead atoms. The number of aryl methyl sites for hydroxylation is 2. The van der Waals surface area contributed by atoms with Gasteiger partial charge in [0.2, 0.25) is 0 Å². The molecule has 4 nitrogen and oxygen atoms in total. The van der Waals surface area contributed by atoms with E-state index in [1.807, 2.05) is 27.7 Å². The molecule has 0 spiro atoms. The lowest BCUT2D eigenvalue weighted by Crippen LogP contribution is -2.61. The fourth-order valence-electron chi connectivity index (χ4n) is 2.63. The summed E-state index contributed by atoms with van der Waals surface area (Å²) in [6, 6.07) is 3.45. The second kappa shape index (κ2) is 5.00. The maximum atomic E-state index is 4.50. The normalized spacial score (nSPS) is 25.8. The molecule has 1 aromatic rings. The number of aromatic nitrogens is 2. The van der Waals surface area contributed by atoms with Gasteiger partial charge in [0.1, 0.15) is 11.6 Å². The van der Waals surface area contributed by atoms with Crippen LogP contribution < -0.4 is 10.2 Å². The second-order valence-corrected chi connectivity index (χ2v) is 4.48. The van der Waals surface area contributed by atoms with E-state index in [1.165, 1.54) is 6.42 Å². The Bertz CT molecular complexity index is 371. The number of nitrogens with one attached hydrogen (secondary N) is 1. The van der Waals surface area contributed by atoms with Crippen molar-refractivity contribution >= 4 is 5.82 Å². The van der Waals surface area contributed by atoms with Crippen LogP contribution in [0.1, 0.15) is 31.8 Å². The van der Waals surface area contributed by atoms with Crippen molar-refractivity contribution in [2.24, 2.45) is 0 Å². The molecule has 2 unspecified atom stereocenters. The van der Waals surface area contributed by atoms with E-state index < -0.39 is 0 Å². The van der Waals surface area contributed by atoms with Gasteiger partial charge in [-0.25, -0.2) is 9.97 Å². The van der Waals surface area contributed by atoms with Gasteiger partial charge in [0.05, 0.1) is 0 Å². The van der Waals surface area contributed by atoms with Gasteiger partial charge in [-0.1, -0.05) is 13.8 Å². The zero-order chi connectivity index (χ0) is 12.4. The van der Waals surface area contributed by atoms with Gasteiger partial charge in [-0.15, -0.1) is 0 Å². The predicted molar refractivity (Wildman–Crippen MR) is 70.4 cm³/mol. The average Bonchev–Trinajstić information content (AvgIpc) is 2.62. The van der Waals surface area contributed by atoms with E-state index in [4.69, 9.17) is 0 Å². The summed E-state index contributed by atoms with van der Waals surface area (Å²) in [5.41, 5.74) is 1.06. The number of anilines is 1. The van der Waals surface area contributed by atoms with Gasteiger partial charge in [0, 0.05) is 30.4 Å². The number of fused-ring (bicyclic) bond motifs is 1. The Morgan fingerprint density at radius 1 is 1.29 bits per heavy atom. The monoisotopic (exact) mass is 234 g/mol. The fraction of sp³-hybridized carbons (Fsp3) is 0.692. The molecule has 17 heavy (non-hydrogen) atoms. The van der Waals surface area contributed by atoms with E-state index in [9.17, 15) is 0 Å². The smallest absolute Gasteiger partial charge is 0.132 e. The molecule has 0 aliphatic carbocycles. The quantitative estimate of drug-likeness (QED) is 0.802. The Kier molecular flexibility index (Phi) is 3.62. The van der Waals surface area contributed by atoms with Crippen LogP contribution in [0.25, 0.3) is 0 Å². The van der Waals surface area contributed by atoms with Crippen LogP contribution in [0.5, 0.6) is 0 Å². The van der Waals surface area contributed by atoms with Crippen molar-refractivity contribution in [1.29, 1.82) is 0 Å². The van der Waals surface area contributed by atoms with Gasteiger partial charge in [-0.2, -0.15) is 0 Å². The van der Waals surface area contributed by atoms with Crippen LogP contribution >= 0.6 is 0 Å². The van der Waals surface area contributed by atoms with E-state index in [1.54, 1.807) is 0 Å². The Balaban J connectivity index is 0.000000514. The van der Waals surface area contributed by atoms with E-state index in [-0.39, 0.29) is 0 Å². The molecule has 2 saturated heterocycles. The van der Waals surface area contributed by atoms with Crippen LogP contribution in [0.4, 0.5) is 5.82 Å². The third-order valence-corrected chi connectivity index (χ3v) is 3.35. The lowest BCUT2D eigenvalue weighted by Gasteiger charge is -2.45. The molecule has 3 rings (SSSR count). The maximum absolute atomic E-state index is 4.50. The van der Waals surface area contributed by atoms with Crippen LogP contribution in [-0.2, 0) is 0 Å². The number of hydrogen-bond donors (Lipinski definition) is 1. The SMILES string of the molecule is CC.Cc1cc(N2CC3NCCC32)nc(C)n1. The third kappa shape index (κ3) is 2.27. The Labute approximate surface area is 103 Å². The van der Waals surface area contributed by atoms with Gasteiger partial charge in [-0.05, 0) is 26.8 Å². The van der Waals surface area contributed by atoms with E-state index >= 15 is 0 Å². The summed E-state index contributed by atoms with van der Waals surface area (Å²) in [7, 11) is 0. The molecule has 4 heteroatoms. The molecular weight excluding hydrogens is 212 g/mol. The van der Waals surface area contributed by atoms with Crippen molar-refractivity contribution in [3.63, 3.8) is 0 Å². The molecule has 0 radical (unpaired) electrons. The molecule has 2 aliphatic heterocycles. The van der Waals surface area contributed by atoms with E-state index in [0.717, 1.165) is 30.4 Å². The lowest BCUT2D eigenvalue weighted by molar-refractivity contribution is 0.392. The van der Waals surface area contributed by atoms with Crippen molar-refractivity contribution in [2.75, 3.05) is 18.0 Å². The molecule has 0 amide bonds. The first-order valence-corrected chi connectivity index (χ1v) is 6.56. The molecule has 1 aromatic heterocycles. The van der Waals surface area contributed by atoms with E-state index in [2.05, 4.69) is 26.3 Å². The minimum absolute atomic E-state index is 0.665. The Morgan fingerprint density at radius 3 is 2.71 bits per heavy atom. The predicted octanol–water partition coefficient (Wildman–Crippen LogP) is 1.67. The van der Waals surface area contributed by atoms with Gasteiger partial charge >= 0.3 is 0 Å². The summed E-state index contributed by atoms with van der Waals surface area (Å²) >= 11 is 0. The van der Waals surface area contributed by atoms with Crippen LogP contribution in [0.2, 0.25) is 0 Å². The van der Waals surface area contributed by atoms with Crippen molar-refractivity contribution in [2.45, 2.75) is 46.2 Å². The lowest BCUT2D eigenvalue weighted by atomic mass is 9.98. The topological polar surface area (TPSA) is 41.0 Å². The molecular formula is C13H22N4. The highest BCUT2D eigenvalue weighted by atomic mass is 15.3. The molecule has 2 fully saturated rings. The molecule has 0 aromatic carbocycles. The van der Waals surface area contributed by atoms with Crippen molar-refractivity contribution < 1.29 is 0 Å². The summed E-state index contributed by atoms with van der Waals surface area (Å²) in [4.78, 5) is 11.2. The van der Waals surface area contributed by atoms with Gasteiger partial charge < -0.3 is 10.2 Å². The zero-order valence-corrected chi connectivity index (χ0v) is 11.2. The highest BCUT2D eigenvalue weighted by Gasteiger charge is 2.42. The number of nitrogens with zero attached hydrogens (tertiary/aromatic N) is 3. The maximum Gasteiger partial charge on any atom is 0.132 e. The Morgan fingerprint density at radius 2 is 2.06 bits per heavy atom.